The molecule has 0 aliphatic rings. The molecule has 15 heavy (non-hydrogen) atoms. The van der Waals surface area contributed by atoms with Crippen molar-refractivity contribution in [3.8, 4) is 11.3 Å². The fourth-order valence-corrected chi connectivity index (χ4v) is 1.85. The first-order valence-electron chi connectivity index (χ1n) is 4.27. The second kappa shape index (κ2) is 3.87. The van der Waals surface area contributed by atoms with Gasteiger partial charge in [-0.1, -0.05) is 44.8 Å². The number of halogens is 2. The third-order valence-corrected chi connectivity index (χ3v) is 3.40. The van der Waals surface area contributed by atoms with Crippen LogP contribution in [-0.2, 0) is 0 Å². The molecule has 0 saturated heterocycles. The summed E-state index contributed by atoms with van der Waals surface area (Å²) in [5.74, 6) is 0.721. The molecular weight excluding hydrogens is 279 g/mol. The van der Waals surface area contributed by atoms with Crippen LogP contribution in [0.2, 0.25) is 5.02 Å². The number of rotatable bonds is 1. The highest BCUT2D eigenvalue weighted by Gasteiger charge is 2.16. The van der Waals surface area contributed by atoms with E-state index in [1.54, 1.807) is 0 Å². The maximum Gasteiger partial charge on any atom is 0.188 e. The van der Waals surface area contributed by atoms with Crippen LogP contribution >= 0.6 is 27.5 Å². The van der Waals surface area contributed by atoms with Gasteiger partial charge < -0.3 is 10.3 Å². The van der Waals surface area contributed by atoms with Gasteiger partial charge in [0, 0.05) is 10.0 Å². The number of aromatic nitrogens is 1. The molecule has 0 saturated carbocycles. The molecule has 0 unspecified atom stereocenters. The summed E-state index contributed by atoms with van der Waals surface area (Å²) in [7, 11) is 0. The zero-order valence-corrected chi connectivity index (χ0v) is 10.3. The predicted molar refractivity (Wildman–Crippen MR) is 63.8 cm³/mol. The van der Waals surface area contributed by atoms with Crippen LogP contribution in [0.1, 0.15) is 5.56 Å². The van der Waals surface area contributed by atoms with Crippen LogP contribution in [0.4, 0.5) is 5.82 Å². The molecule has 0 bridgehead atoms. The lowest BCUT2D eigenvalue weighted by Gasteiger charge is -2.03. The molecule has 2 N–H and O–H groups in total. The molecule has 0 fully saturated rings. The summed E-state index contributed by atoms with van der Waals surface area (Å²) >= 11 is 9.41. The van der Waals surface area contributed by atoms with Crippen molar-refractivity contribution < 1.29 is 4.52 Å². The van der Waals surface area contributed by atoms with Gasteiger partial charge >= 0.3 is 0 Å². The molecular formula is C10H8BrClN2O. The molecule has 1 aromatic carbocycles. The van der Waals surface area contributed by atoms with Gasteiger partial charge in [-0.3, -0.25) is 0 Å². The fourth-order valence-electron chi connectivity index (χ4n) is 1.31. The molecule has 2 rings (SSSR count). The summed E-state index contributed by atoms with van der Waals surface area (Å²) in [6.45, 7) is 1.97. The first-order chi connectivity index (χ1) is 7.11. The van der Waals surface area contributed by atoms with Crippen molar-refractivity contribution >= 4 is 33.3 Å². The predicted octanol–water partition coefficient (Wildman–Crippen LogP) is 3.65. The van der Waals surface area contributed by atoms with Crippen LogP contribution in [0.15, 0.2) is 27.2 Å². The van der Waals surface area contributed by atoms with Crippen molar-refractivity contribution in [2.24, 2.45) is 0 Å². The van der Waals surface area contributed by atoms with Crippen LogP contribution < -0.4 is 5.73 Å². The Hall–Kier alpha value is -1.00. The van der Waals surface area contributed by atoms with E-state index in [0.717, 1.165) is 15.6 Å². The Kier molecular flexibility index (Phi) is 2.71. The van der Waals surface area contributed by atoms with Crippen LogP contribution in [0.5, 0.6) is 0 Å². The lowest BCUT2D eigenvalue weighted by Crippen LogP contribution is -1.85. The van der Waals surface area contributed by atoms with E-state index in [2.05, 4.69) is 21.1 Å². The Morgan fingerprint density at radius 1 is 1.47 bits per heavy atom. The molecule has 1 aromatic heterocycles. The Balaban J connectivity index is 2.64. The van der Waals surface area contributed by atoms with Crippen LogP contribution in [0.3, 0.4) is 0 Å². The second-order valence-electron chi connectivity index (χ2n) is 3.12. The Labute approximate surface area is 100 Å². The van der Waals surface area contributed by atoms with E-state index in [-0.39, 0.29) is 5.82 Å². The van der Waals surface area contributed by atoms with Crippen LogP contribution in [0, 0.1) is 6.92 Å². The van der Waals surface area contributed by atoms with Crippen molar-refractivity contribution in [2.75, 3.05) is 5.73 Å². The smallest absolute Gasteiger partial charge is 0.188 e. The summed E-state index contributed by atoms with van der Waals surface area (Å²) in [4.78, 5) is 0. The average molecular weight is 288 g/mol. The summed E-state index contributed by atoms with van der Waals surface area (Å²) in [5.41, 5.74) is 7.44. The number of nitrogens with two attached hydrogens (primary N) is 1. The molecule has 0 amide bonds. The van der Waals surface area contributed by atoms with E-state index in [0.29, 0.717) is 10.8 Å². The SMILES string of the molecule is Cc1c(Br)cccc1-c1onc(N)c1Cl. The molecule has 0 atom stereocenters. The summed E-state index contributed by atoms with van der Waals surface area (Å²) in [6, 6.07) is 5.76. The number of hydrogen-bond acceptors (Lipinski definition) is 3. The Morgan fingerprint density at radius 2 is 2.20 bits per heavy atom. The monoisotopic (exact) mass is 286 g/mol. The highest BCUT2D eigenvalue weighted by Crippen LogP contribution is 2.35. The first-order valence-corrected chi connectivity index (χ1v) is 5.44. The number of hydrogen-bond donors (Lipinski definition) is 1. The zero-order valence-electron chi connectivity index (χ0n) is 7.92. The number of anilines is 1. The Bertz CT molecular complexity index is 510. The number of benzene rings is 1. The van der Waals surface area contributed by atoms with E-state index < -0.39 is 0 Å². The summed E-state index contributed by atoms with van der Waals surface area (Å²) < 4.78 is 6.08. The Morgan fingerprint density at radius 3 is 2.80 bits per heavy atom. The van der Waals surface area contributed by atoms with Gasteiger partial charge in [-0.15, -0.1) is 0 Å². The lowest BCUT2D eigenvalue weighted by molar-refractivity contribution is 0.435. The van der Waals surface area contributed by atoms with Gasteiger partial charge in [0.15, 0.2) is 11.6 Å². The third kappa shape index (κ3) is 1.75. The molecule has 5 heteroatoms. The molecule has 0 spiro atoms. The number of nitrogen functional groups attached to an aromatic ring is 1. The van der Waals surface area contributed by atoms with E-state index in [1.807, 2.05) is 25.1 Å². The largest absolute Gasteiger partial charge is 0.380 e. The molecule has 0 radical (unpaired) electrons. The molecule has 0 aliphatic heterocycles. The third-order valence-electron chi connectivity index (χ3n) is 2.17. The van der Waals surface area contributed by atoms with Gasteiger partial charge in [-0.2, -0.15) is 0 Å². The number of nitrogens with zero attached hydrogens (tertiary/aromatic N) is 1. The quantitative estimate of drug-likeness (QED) is 0.871. The minimum absolute atomic E-state index is 0.214. The maximum atomic E-state index is 5.97. The van der Waals surface area contributed by atoms with E-state index in [9.17, 15) is 0 Å². The topological polar surface area (TPSA) is 52.0 Å². The van der Waals surface area contributed by atoms with E-state index in [4.69, 9.17) is 21.9 Å². The van der Waals surface area contributed by atoms with Gasteiger partial charge in [-0.25, -0.2) is 0 Å². The second-order valence-corrected chi connectivity index (χ2v) is 4.36. The first kappa shape index (κ1) is 10.5. The van der Waals surface area contributed by atoms with Gasteiger partial charge in [-0.05, 0) is 18.6 Å². The molecule has 3 nitrogen and oxygen atoms in total. The standard InChI is InChI=1S/C10H8BrClN2O/c1-5-6(3-2-4-7(5)11)9-8(12)10(13)14-15-9/h2-4H,1H3,(H2,13,14). The maximum absolute atomic E-state index is 5.97. The molecule has 2 aromatic rings. The van der Waals surface area contributed by atoms with Crippen molar-refractivity contribution in [1.29, 1.82) is 0 Å². The normalized spacial score (nSPS) is 10.6. The summed E-state index contributed by atoms with van der Waals surface area (Å²) in [6.07, 6.45) is 0. The lowest BCUT2D eigenvalue weighted by atomic mass is 10.1. The molecule has 78 valence electrons. The van der Waals surface area contributed by atoms with Crippen molar-refractivity contribution in [3.63, 3.8) is 0 Å². The average Bonchev–Trinajstić information content (AvgIpc) is 2.53. The van der Waals surface area contributed by atoms with Gasteiger partial charge in [0.25, 0.3) is 0 Å². The van der Waals surface area contributed by atoms with Crippen molar-refractivity contribution in [2.45, 2.75) is 6.92 Å². The minimum Gasteiger partial charge on any atom is -0.380 e. The zero-order chi connectivity index (χ0) is 11.0. The molecule has 1 heterocycles. The van der Waals surface area contributed by atoms with Crippen LogP contribution in [-0.4, -0.2) is 5.16 Å². The highest BCUT2D eigenvalue weighted by molar-refractivity contribution is 9.10. The highest BCUT2D eigenvalue weighted by atomic mass is 79.9. The van der Waals surface area contributed by atoms with E-state index in [1.165, 1.54) is 0 Å². The van der Waals surface area contributed by atoms with Crippen molar-refractivity contribution in [3.05, 3.63) is 33.3 Å². The minimum atomic E-state index is 0.214. The fraction of sp³-hybridized carbons (Fsp3) is 0.100. The van der Waals surface area contributed by atoms with Gasteiger partial charge in [0.05, 0.1) is 0 Å². The van der Waals surface area contributed by atoms with Crippen LogP contribution in [0.25, 0.3) is 11.3 Å². The van der Waals surface area contributed by atoms with Gasteiger partial charge in [0.2, 0.25) is 0 Å². The van der Waals surface area contributed by atoms with E-state index >= 15 is 0 Å². The molecule has 0 aliphatic carbocycles. The van der Waals surface area contributed by atoms with Crippen molar-refractivity contribution in [1.82, 2.24) is 5.16 Å². The summed E-state index contributed by atoms with van der Waals surface area (Å²) in [5, 5.41) is 3.98. The van der Waals surface area contributed by atoms with Gasteiger partial charge in [0.1, 0.15) is 5.02 Å².